The number of hydrogen-bond acceptors (Lipinski definition) is 5. The van der Waals surface area contributed by atoms with Crippen molar-refractivity contribution in [3.05, 3.63) is 29.6 Å². The van der Waals surface area contributed by atoms with E-state index >= 15 is 0 Å². The number of benzene rings is 1. The quantitative estimate of drug-likeness (QED) is 0.654. The van der Waals surface area contributed by atoms with Gasteiger partial charge in [-0.3, -0.25) is 5.41 Å². The number of rotatable bonds is 4. The Hall–Kier alpha value is -1.96. The molecule has 3 N–H and O–H groups in total. The molecule has 1 saturated carbocycles. The van der Waals surface area contributed by atoms with Gasteiger partial charge in [-0.25, -0.2) is 9.07 Å². The zero-order chi connectivity index (χ0) is 13.4. The van der Waals surface area contributed by atoms with Crippen LogP contribution in [-0.2, 0) is 0 Å². The van der Waals surface area contributed by atoms with Crippen molar-refractivity contribution in [2.45, 2.75) is 28.9 Å². The van der Waals surface area contributed by atoms with Gasteiger partial charge in [-0.05, 0) is 53.2 Å². The van der Waals surface area contributed by atoms with E-state index in [1.165, 1.54) is 23.9 Å². The Kier molecular flexibility index (Phi) is 2.94. The molecule has 6 nitrogen and oxygen atoms in total. The van der Waals surface area contributed by atoms with Crippen molar-refractivity contribution in [1.29, 1.82) is 5.41 Å². The predicted molar refractivity (Wildman–Crippen MR) is 67.6 cm³/mol. The molecule has 1 aromatic carbocycles. The third-order valence-corrected chi connectivity index (χ3v) is 3.82. The van der Waals surface area contributed by atoms with E-state index in [4.69, 9.17) is 11.1 Å². The van der Waals surface area contributed by atoms with Crippen LogP contribution in [0.15, 0.2) is 28.3 Å². The summed E-state index contributed by atoms with van der Waals surface area (Å²) in [7, 11) is 0. The summed E-state index contributed by atoms with van der Waals surface area (Å²) in [5.74, 6) is -0.594. The first-order valence-electron chi connectivity index (χ1n) is 5.75. The summed E-state index contributed by atoms with van der Waals surface area (Å²) < 4.78 is 15.0. The summed E-state index contributed by atoms with van der Waals surface area (Å²) in [5, 5.41) is 19.7. The van der Waals surface area contributed by atoms with Crippen LogP contribution in [0, 0.1) is 11.2 Å². The molecule has 2 aromatic rings. The predicted octanol–water partition coefficient (Wildman–Crippen LogP) is 1.58. The maximum Gasteiger partial charge on any atom is 0.214 e. The van der Waals surface area contributed by atoms with Crippen LogP contribution in [0.5, 0.6) is 0 Å². The Morgan fingerprint density at radius 2 is 2.26 bits per heavy atom. The van der Waals surface area contributed by atoms with Gasteiger partial charge < -0.3 is 5.73 Å². The smallest absolute Gasteiger partial charge is 0.214 e. The zero-order valence-electron chi connectivity index (χ0n) is 9.88. The third kappa shape index (κ3) is 2.43. The second kappa shape index (κ2) is 4.61. The topological polar surface area (TPSA) is 93.5 Å². The average molecular weight is 278 g/mol. The van der Waals surface area contributed by atoms with Gasteiger partial charge in [0.15, 0.2) is 0 Å². The van der Waals surface area contributed by atoms with Crippen molar-refractivity contribution < 1.29 is 4.39 Å². The summed E-state index contributed by atoms with van der Waals surface area (Å²) in [6.45, 7) is 0. The Labute approximate surface area is 112 Å². The first-order chi connectivity index (χ1) is 9.15. The van der Waals surface area contributed by atoms with Gasteiger partial charge in [0.05, 0.1) is 6.04 Å². The largest absolute Gasteiger partial charge is 0.384 e. The maximum atomic E-state index is 13.2. The van der Waals surface area contributed by atoms with Crippen molar-refractivity contribution >= 4 is 17.6 Å². The van der Waals surface area contributed by atoms with Crippen molar-refractivity contribution in [2.75, 3.05) is 0 Å². The summed E-state index contributed by atoms with van der Waals surface area (Å²) in [6, 6.07) is 4.53. The number of hydrogen-bond donors (Lipinski definition) is 2. The van der Waals surface area contributed by atoms with E-state index < -0.39 is 5.82 Å². The van der Waals surface area contributed by atoms with Gasteiger partial charge in [0.25, 0.3) is 0 Å². The van der Waals surface area contributed by atoms with Crippen LogP contribution in [0.2, 0.25) is 0 Å². The van der Waals surface area contributed by atoms with Gasteiger partial charge >= 0.3 is 0 Å². The van der Waals surface area contributed by atoms with Crippen LogP contribution >= 0.6 is 11.8 Å². The number of halogens is 1. The Morgan fingerprint density at radius 1 is 1.47 bits per heavy atom. The van der Waals surface area contributed by atoms with Crippen molar-refractivity contribution in [3.63, 3.8) is 0 Å². The Morgan fingerprint density at radius 3 is 2.95 bits per heavy atom. The first-order valence-corrected chi connectivity index (χ1v) is 6.56. The van der Waals surface area contributed by atoms with Crippen LogP contribution in [0.3, 0.4) is 0 Å². The lowest BCUT2D eigenvalue weighted by Crippen LogP contribution is -2.12. The van der Waals surface area contributed by atoms with Crippen molar-refractivity contribution in [3.8, 4) is 0 Å². The molecule has 98 valence electrons. The van der Waals surface area contributed by atoms with Gasteiger partial charge in [0.1, 0.15) is 11.7 Å². The van der Waals surface area contributed by atoms with Crippen LogP contribution in [-0.4, -0.2) is 26.0 Å². The van der Waals surface area contributed by atoms with Crippen LogP contribution in [0.4, 0.5) is 4.39 Å². The molecule has 0 aliphatic heterocycles. The normalized spacial score (nSPS) is 14.6. The van der Waals surface area contributed by atoms with Crippen LogP contribution < -0.4 is 5.73 Å². The van der Waals surface area contributed by atoms with E-state index in [0.29, 0.717) is 21.7 Å². The molecule has 0 atom stereocenters. The lowest BCUT2D eigenvalue weighted by atomic mass is 10.2. The summed E-state index contributed by atoms with van der Waals surface area (Å²) in [6.07, 6.45) is 2.14. The highest BCUT2D eigenvalue weighted by atomic mass is 32.2. The number of aromatic nitrogens is 4. The molecule has 1 heterocycles. The van der Waals surface area contributed by atoms with Gasteiger partial charge in [-0.1, -0.05) is 0 Å². The summed E-state index contributed by atoms with van der Waals surface area (Å²) in [5.41, 5.74) is 5.82. The van der Waals surface area contributed by atoms with E-state index in [-0.39, 0.29) is 5.84 Å². The molecule has 0 radical (unpaired) electrons. The molecule has 0 bridgehead atoms. The minimum atomic E-state index is -0.420. The van der Waals surface area contributed by atoms with Crippen LogP contribution in [0.25, 0.3) is 0 Å². The fourth-order valence-corrected chi connectivity index (χ4v) is 2.67. The van der Waals surface area contributed by atoms with E-state index in [0.717, 1.165) is 12.8 Å². The highest BCUT2D eigenvalue weighted by molar-refractivity contribution is 7.99. The monoisotopic (exact) mass is 278 g/mol. The van der Waals surface area contributed by atoms with Gasteiger partial charge in [-0.2, -0.15) is 0 Å². The minimum absolute atomic E-state index is 0.174. The lowest BCUT2D eigenvalue weighted by Gasteiger charge is -2.07. The fourth-order valence-electron chi connectivity index (χ4n) is 1.70. The molecule has 1 aliphatic rings. The zero-order valence-corrected chi connectivity index (χ0v) is 10.7. The molecule has 1 aromatic heterocycles. The number of nitrogens with zero attached hydrogens (tertiary/aromatic N) is 4. The third-order valence-electron chi connectivity index (χ3n) is 2.79. The highest BCUT2D eigenvalue weighted by Crippen LogP contribution is 2.38. The number of amidine groups is 1. The molecular formula is C11H11FN6S. The molecule has 3 rings (SSSR count). The van der Waals surface area contributed by atoms with Gasteiger partial charge in [0.2, 0.25) is 5.16 Å². The number of nitrogens with one attached hydrogen (secondary N) is 1. The SMILES string of the molecule is N=C(N)c1cc(F)ccc1Sc1nnnn1C1CC1. The number of tetrazole rings is 1. The van der Waals surface area contributed by atoms with E-state index in [1.54, 1.807) is 10.7 Å². The minimum Gasteiger partial charge on any atom is -0.384 e. The average Bonchev–Trinajstić information content (AvgIpc) is 3.12. The molecule has 19 heavy (non-hydrogen) atoms. The lowest BCUT2D eigenvalue weighted by molar-refractivity contribution is 0.565. The first kappa shape index (κ1) is 12.1. The fraction of sp³-hybridized carbons (Fsp3) is 0.273. The van der Waals surface area contributed by atoms with Crippen LogP contribution in [0.1, 0.15) is 24.4 Å². The standard InChI is InChI=1S/C11H11FN6S/c12-6-1-4-9(8(5-6)10(13)14)19-11-15-16-17-18(11)7-2-3-7/h1,4-5,7H,2-3H2,(H3,13,14). The molecule has 0 spiro atoms. The van der Waals surface area contributed by atoms with Crippen molar-refractivity contribution in [1.82, 2.24) is 20.2 Å². The summed E-state index contributed by atoms with van der Waals surface area (Å²) in [4.78, 5) is 0.672. The number of nitrogens with two attached hydrogens (primary N) is 1. The second-order valence-electron chi connectivity index (χ2n) is 4.29. The molecule has 1 fully saturated rings. The molecule has 0 saturated heterocycles. The highest BCUT2D eigenvalue weighted by Gasteiger charge is 2.28. The molecule has 8 heteroatoms. The maximum absolute atomic E-state index is 13.2. The summed E-state index contributed by atoms with van der Waals surface area (Å²) >= 11 is 1.29. The molecule has 0 amide bonds. The Balaban J connectivity index is 1.94. The van der Waals surface area contributed by atoms with Gasteiger partial charge in [0, 0.05) is 10.5 Å². The second-order valence-corrected chi connectivity index (χ2v) is 5.30. The van der Waals surface area contributed by atoms with E-state index in [2.05, 4.69) is 15.5 Å². The molecule has 0 unspecified atom stereocenters. The van der Waals surface area contributed by atoms with Crippen molar-refractivity contribution in [2.24, 2.45) is 5.73 Å². The Bertz CT molecular complexity index is 636. The van der Waals surface area contributed by atoms with E-state index in [9.17, 15) is 4.39 Å². The molecular weight excluding hydrogens is 267 g/mol. The molecule has 1 aliphatic carbocycles. The number of nitrogen functional groups attached to an aromatic ring is 1. The van der Waals surface area contributed by atoms with E-state index in [1.807, 2.05) is 0 Å². The van der Waals surface area contributed by atoms with Gasteiger partial charge in [-0.15, -0.1) is 5.10 Å².